The number of hydrogen-bond donors (Lipinski definition) is 2. The third-order valence-electron chi connectivity index (χ3n) is 3.70. The number of nitrogens with zero attached hydrogens (tertiary/aromatic N) is 2. The van der Waals surface area contributed by atoms with Crippen LogP contribution in [0.5, 0.6) is 11.5 Å². The summed E-state index contributed by atoms with van der Waals surface area (Å²) in [7, 11) is -2.01. The molecule has 2 N–H and O–H groups in total. The normalized spacial score (nSPS) is 12.8. The zero-order valence-corrected chi connectivity index (χ0v) is 17.0. The van der Waals surface area contributed by atoms with Gasteiger partial charge in [-0.05, 0) is 38.0 Å². The van der Waals surface area contributed by atoms with E-state index in [1.807, 2.05) is 0 Å². The second-order valence-electron chi connectivity index (χ2n) is 5.40. The molecule has 0 amide bonds. The van der Waals surface area contributed by atoms with E-state index in [2.05, 4.69) is 15.5 Å². The van der Waals surface area contributed by atoms with E-state index in [4.69, 9.17) is 13.8 Å². The largest absolute Gasteiger partial charge is 0.504 e. The number of phenols is 1. The van der Waals surface area contributed by atoms with Crippen molar-refractivity contribution in [2.45, 2.75) is 26.4 Å². The number of aromatic hydroxyl groups is 1. The van der Waals surface area contributed by atoms with E-state index in [0.29, 0.717) is 22.0 Å². The van der Waals surface area contributed by atoms with Gasteiger partial charge in [0, 0.05) is 6.54 Å². The smallest absolute Gasteiger partial charge is 0.339 e. The van der Waals surface area contributed by atoms with Crippen LogP contribution in [0.1, 0.15) is 30.6 Å². The molecule has 0 radical (unpaired) electrons. The van der Waals surface area contributed by atoms with Crippen LogP contribution in [0.3, 0.4) is 0 Å². The van der Waals surface area contributed by atoms with Crippen molar-refractivity contribution in [2.75, 3.05) is 32.2 Å². The number of anilines is 1. The van der Waals surface area contributed by atoms with Gasteiger partial charge in [-0.25, -0.2) is 0 Å². The van der Waals surface area contributed by atoms with Crippen molar-refractivity contribution < 1.29 is 23.5 Å². The second-order valence-corrected chi connectivity index (χ2v) is 8.46. The minimum Gasteiger partial charge on any atom is -0.504 e. The number of ether oxygens (including phenoxy) is 1. The van der Waals surface area contributed by atoms with Crippen LogP contribution in [0, 0.1) is 6.92 Å². The first-order valence-corrected chi connectivity index (χ1v) is 10.7. The highest BCUT2D eigenvalue weighted by Crippen LogP contribution is 2.61. The molecule has 0 spiro atoms. The number of aromatic nitrogens is 2. The van der Waals surface area contributed by atoms with Crippen LogP contribution in [-0.2, 0) is 13.6 Å². The van der Waals surface area contributed by atoms with Gasteiger partial charge in [-0.2, -0.15) is 0 Å². The van der Waals surface area contributed by atoms with Crippen molar-refractivity contribution in [3.63, 3.8) is 0 Å². The Morgan fingerprint density at radius 2 is 2.00 bits per heavy atom. The molecule has 1 aromatic heterocycles. The first-order valence-electron chi connectivity index (χ1n) is 8.21. The van der Waals surface area contributed by atoms with Gasteiger partial charge < -0.3 is 24.2 Å². The van der Waals surface area contributed by atoms with Crippen LogP contribution in [0.4, 0.5) is 5.13 Å². The number of methoxy groups -OCH3 is 1. The maximum atomic E-state index is 13.4. The summed E-state index contributed by atoms with van der Waals surface area (Å²) in [6.07, 6.45) is 0. The molecule has 1 heterocycles. The van der Waals surface area contributed by atoms with E-state index in [1.165, 1.54) is 18.4 Å². The van der Waals surface area contributed by atoms with Crippen molar-refractivity contribution in [3.8, 4) is 11.5 Å². The molecule has 10 heteroatoms. The second kappa shape index (κ2) is 9.32. The third-order valence-corrected chi connectivity index (χ3v) is 6.83. The molecule has 26 heavy (non-hydrogen) atoms. The summed E-state index contributed by atoms with van der Waals surface area (Å²) in [6.45, 7) is 6.05. The predicted molar refractivity (Wildman–Crippen MR) is 101 cm³/mol. The van der Waals surface area contributed by atoms with Gasteiger partial charge in [-0.15, -0.1) is 10.2 Å². The molecule has 0 aliphatic heterocycles. The standard InChI is InChI=1S/C16H24N3O5PS/c1-5-23-25(21,24-6-2)14(9-17-16-19-18-10-26-16)12-7-11(3)15(20)13(8-12)22-4/h7-8,10,14,20H,5-6,9H2,1-4H3,(H,17,19). The van der Waals surface area contributed by atoms with Gasteiger partial charge in [-0.3, -0.25) is 4.57 Å². The molecule has 1 unspecified atom stereocenters. The monoisotopic (exact) mass is 401 g/mol. The van der Waals surface area contributed by atoms with Crippen molar-refractivity contribution in [1.82, 2.24) is 10.2 Å². The lowest BCUT2D eigenvalue weighted by molar-refractivity contribution is 0.213. The molecule has 0 saturated carbocycles. The number of phenolic OH excluding ortho intramolecular Hbond substituents is 1. The minimum atomic E-state index is -3.48. The molecule has 1 atom stereocenters. The molecule has 8 nitrogen and oxygen atoms in total. The molecule has 144 valence electrons. The maximum absolute atomic E-state index is 13.4. The molecular formula is C16H24N3O5PS. The van der Waals surface area contributed by atoms with E-state index < -0.39 is 13.3 Å². The highest BCUT2D eigenvalue weighted by molar-refractivity contribution is 7.54. The van der Waals surface area contributed by atoms with Crippen molar-refractivity contribution in [3.05, 3.63) is 28.8 Å². The van der Waals surface area contributed by atoms with Crippen molar-refractivity contribution >= 4 is 24.1 Å². The van der Waals surface area contributed by atoms with Crippen molar-refractivity contribution in [2.24, 2.45) is 0 Å². The summed E-state index contributed by atoms with van der Waals surface area (Å²) in [5.74, 6) is 0.357. The van der Waals surface area contributed by atoms with Gasteiger partial charge >= 0.3 is 7.60 Å². The summed E-state index contributed by atoms with van der Waals surface area (Å²) >= 11 is 1.34. The Bertz CT molecular complexity index is 747. The Morgan fingerprint density at radius 1 is 1.31 bits per heavy atom. The summed E-state index contributed by atoms with van der Waals surface area (Å²) in [6, 6.07) is 3.41. The zero-order valence-electron chi connectivity index (χ0n) is 15.3. The molecule has 2 rings (SSSR count). The Hall–Kier alpha value is -1.67. The van der Waals surface area contributed by atoms with Gasteiger partial charge in [0.05, 0.1) is 20.3 Å². The lowest BCUT2D eigenvalue weighted by Gasteiger charge is -2.27. The Morgan fingerprint density at radius 3 is 2.54 bits per heavy atom. The molecule has 0 bridgehead atoms. The third kappa shape index (κ3) is 4.73. The summed E-state index contributed by atoms with van der Waals surface area (Å²) in [4.78, 5) is 0. The van der Waals surface area contributed by atoms with E-state index in [9.17, 15) is 9.67 Å². The molecule has 0 aliphatic carbocycles. The van der Waals surface area contributed by atoms with E-state index >= 15 is 0 Å². The fourth-order valence-corrected chi connectivity index (χ4v) is 4.98. The summed E-state index contributed by atoms with van der Waals surface area (Å²) in [5, 5.41) is 21.6. The van der Waals surface area contributed by atoms with Crippen LogP contribution in [0.15, 0.2) is 17.6 Å². The lowest BCUT2D eigenvalue weighted by Crippen LogP contribution is -2.16. The highest BCUT2D eigenvalue weighted by Gasteiger charge is 2.37. The van der Waals surface area contributed by atoms with Crippen LogP contribution in [-0.4, -0.2) is 42.2 Å². The van der Waals surface area contributed by atoms with Crippen molar-refractivity contribution in [1.29, 1.82) is 0 Å². The van der Waals surface area contributed by atoms with Crippen LogP contribution in [0.2, 0.25) is 0 Å². The van der Waals surface area contributed by atoms with Gasteiger partial charge in [0.1, 0.15) is 11.2 Å². The Balaban J connectivity index is 2.44. The predicted octanol–water partition coefficient (Wildman–Crippen LogP) is 3.98. The average Bonchev–Trinajstić information content (AvgIpc) is 3.11. The fourth-order valence-electron chi connectivity index (χ4n) is 2.55. The molecule has 1 aromatic carbocycles. The first kappa shape index (κ1) is 20.6. The Kier molecular flexibility index (Phi) is 7.40. The van der Waals surface area contributed by atoms with E-state index in [-0.39, 0.29) is 25.5 Å². The summed E-state index contributed by atoms with van der Waals surface area (Å²) in [5.41, 5.74) is 2.29. The molecular weight excluding hydrogens is 377 g/mol. The average molecular weight is 401 g/mol. The van der Waals surface area contributed by atoms with Crippen LogP contribution >= 0.6 is 18.9 Å². The lowest BCUT2D eigenvalue weighted by atomic mass is 10.1. The molecule has 2 aromatic rings. The zero-order chi connectivity index (χ0) is 19.2. The highest BCUT2D eigenvalue weighted by atomic mass is 32.1. The number of benzene rings is 1. The first-order chi connectivity index (χ1) is 12.4. The van der Waals surface area contributed by atoms with Gasteiger partial charge in [-0.1, -0.05) is 17.4 Å². The maximum Gasteiger partial charge on any atom is 0.339 e. The van der Waals surface area contributed by atoms with Gasteiger partial charge in [0.2, 0.25) is 5.13 Å². The fraction of sp³-hybridized carbons (Fsp3) is 0.500. The number of aryl methyl sites for hydroxylation is 1. The molecule has 0 aliphatic rings. The molecule has 0 fully saturated rings. The van der Waals surface area contributed by atoms with Gasteiger partial charge in [0.25, 0.3) is 0 Å². The summed E-state index contributed by atoms with van der Waals surface area (Å²) < 4.78 is 29.8. The number of rotatable bonds is 10. The van der Waals surface area contributed by atoms with Gasteiger partial charge in [0.15, 0.2) is 11.5 Å². The van der Waals surface area contributed by atoms with E-state index in [1.54, 1.807) is 38.4 Å². The topological polar surface area (TPSA) is 103 Å². The number of hydrogen-bond acceptors (Lipinski definition) is 9. The quantitative estimate of drug-likeness (QED) is 0.576. The minimum absolute atomic E-state index is 0.0507. The number of nitrogens with one attached hydrogen (secondary N) is 1. The van der Waals surface area contributed by atoms with Crippen LogP contribution < -0.4 is 10.1 Å². The molecule has 0 saturated heterocycles. The van der Waals surface area contributed by atoms with E-state index in [0.717, 1.165) is 0 Å². The Labute approximate surface area is 157 Å². The van der Waals surface area contributed by atoms with Crippen LogP contribution in [0.25, 0.3) is 0 Å². The SMILES string of the molecule is CCOP(=O)(OCC)C(CNc1nncs1)c1cc(C)c(O)c(OC)c1.